The van der Waals surface area contributed by atoms with Crippen LogP contribution in [-0.2, 0) is 19.7 Å². The first kappa shape index (κ1) is 31.4. The number of amides is 3. The second kappa shape index (κ2) is 13.6. The molecule has 42 heavy (non-hydrogen) atoms. The van der Waals surface area contributed by atoms with Gasteiger partial charge in [-0.25, -0.2) is 0 Å². The summed E-state index contributed by atoms with van der Waals surface area (Å²) in [7, 11) is -4.28. The molecule has 14 heteroatoms. The summed E-state index contributed by atoms with van der Waals surface area (Å²) in [6, 6.07) is 15.4. The minimum absolute atomic E-state index is 0.0253. The lowest BCUT2D eigenvalue weighted by Gasteiger charge is -2.15. The molecule has 0 atom stereocenters. The summed E-state index contributed by atoms with van der Waals surface area (Å²) in [4.78, 5) is 37.9. The van der Waals surface area contributed by atoms with Gasteiger partial charge in [-0.15, -0.1) is 0 Å². The van der Waals surface area contributed by atoms with E-state index in [0.29, 0.717) is 22.0 Å². The van der Waals surface area contributed by atoms with Gasteiger partial charge in [0.2, 0.25) is 5.91 Å². The molecule has 0 bridgehead atoms. The lowest BCUT2D eigenvalue weighted by Crippen LogP contribution is -2.32. The minimum Gasteiger partial charge on any atom is -0.490 e. The Balaban J connectivity index is 1.51. The largest absolute Gasteiger partial charge is 0.490 e. The molecular formula is C28H24BrClN2O8S2. The molecule has 0 unspecified atom stereocenters. The number of ether oxygens (including phenoxy) is 2. The van der Waals surface area contributed by atoms with Crippen LogP contribution in [0.1, 0.15) is 19.4 Å². The van der Waals surface area contributed by atoms with E-state index in [2.05, 4.69) is 21.2 Å². The zero-order valence-electron chi connectivity index (χ0n) is 22.3. The van der Waals surface area contributed by atoms with Crippen LogP contribution in [-0.4, -0.2) is 50.1 Å². The fourth-order valence-corrected chi connectivity index (χ4v) is 6.39. The van der Waals surface area contributed by atoms with E-state index in [-0.39, 0.29) is 51.4 Å². The van der Waals surface area contributed by atoms with Crippen molar-refractivity contribution in [2.24, 2.45) is 0 Å². The van der Waals surface area contributed by atoms with E-state index in [9.17, 15) is 22.8 Å². The number of rotatable bonds is 11. The fraction of sp³-hybridized carbons (Fsp3) is 0.179. The minimum atomic E-state index is -4.28. The zero-order valence-corrected chi connectivity index (χ0v) is 26.2. The highest BCUT2D eigenvalue weighted by Crippen LogP contribution is 2.40. The van der Waals surface area contributed by atoms with Gasteiger partial charge in [0.1, 0.15) is 17.3 Å². The number of hydrogen-bond acceptors (Lipinski definition) is 9. The van der Waals surface area contributed by atoms with E-state index < -0.39 is 21.3 Å². The van der Waals surface area contributed by atoms with Crippen molar-refractivity contribution in [1.29, 1.82) is 0 Å². The molecule has 1 aliphatic heterocycles. The van der Waals surface area contributed by atoms with E-state index in [1.807, 2.05) is 0 Å². The van der Waals surface area contributed by atoms with Gasteiger partial charge < -0.3 is 19.0 Å². The lowest BCUT2D eigenvalue weighted by atomic mass is 10.2. The summed E-state index contributed by atoms with van der Waals surface area (Å²) in [6.07, 6.45) is 1.51. The molecular weight excluding hydrogens is 672 g/mol. The lowest BCUT2D eigenvalue weighted by molar-refractivity contribution is -0.123. The molecule has 3 aromatic carbocycles. The van der Waals surface area contributed by atoms with Crippen LogP contribution in [0.2, 0.25) is 5.02 Å². The van der Waals surface area contributed by atoms with E-state index in [1.54, 1.807) is 37.3 Å². The summed E-state index contributed by atoms with van der Waals surface area (Å²) in [5.74, 6) is -0.332. The molecule has 220 valence electrons. The molecule has 3 amide bonds. The van der Waals surface area contributed by atoms with Crippen LogP contribution in [0.15, 0.2) is 74.9 Å². The van der Waals surface area contributed by atoms with Gasteiger partial charge in [-0.05, 0) is 94.8 Å². The van der Waals surface area contributed by atoms with Crippen LogP contribution in [0.3, 0.4) is 0 Å². The quantitative estimate of drug-likeness (QED) is 0.180. The van der Waals surface area contributed by atoms with Crippen LogP contribution in [0.5, 0.6) is 17.2 Å². The Morgan fingerprint density at radius 1 is 1.07 bits per heavy atom. The van der Waals surface area contributed by atoms with Crippen molar-refractivity contribution in [2.45, 2.75) is 18.7 Å². The smallest absolute Gasteiger partial charge is 0.339 e. The average Bonchev–Trinajstić information content (AvgIpc) is 3.19. The molecule has 1 heterocycles. The average molecular weight is 696 g/mol. The summed E-state index contributed by atoms with van der Waals surface area (Å²) < 4.78 is 42.9. The first-order chi connectivity index (χ1) is 20.0. The number of nitrogens with zero attached hydrogens (tertiary/aromatic N) is 1. The Morgan fingerprint density at radius 3 is 2.45 bits per heavy atom. The number of carbonyl (C=O) groups is 3. The number of anilines is 1. The van der Waals surface area contributed by atoms with Crippen LogP contribution in [0, 0.1) is 0 Å². The number of imide groups is 1. The number of benzene rings is 3. The predicted molar refractivity (Wildman–Crippen MR) is 163 cm³/mol. The summed E-state index contributed by atoms with van der Waals surface area (Å²) in [6.45, 7) is 3.34. The Bertz CT molecular complexity index is 1660. The third-order valence-corrected chi connectivity index (χ3v) is 8.61. The van der Waals surface area contributed by atoms with Crippen molar-refractivity contribution in [3.63, 3.8) is 0 Å². The second-order valence-electron chi connectivity index (χ2n) is 8.62. The van der Waals surface area contributed by atoms with Gasteiger partial charge in [0.15, 0.2) is 11.5 Å². The van der Waals surface area contributed by atoms with E-state index in [4.69, 9.17) is 25.3 Å². The summed E-state index contributed by atoms with van der Waals surface area (Å²) >= 11 is 10.2. The number of halogens is 2. The van der Waals surface area contributed by atoms with E-state index in [0.717, 1.165) is 16.7 Å². The first-order valence-corrected chi connectivity index (χ1v) is 15.8. The number of nitrogens with one attached hydrogen (secondary N) is 1. The molecule has 0 spiro atoms. The maximum absolute atomic E-state index is 13.0. The summed E-state index contributed by atoms with van der Waals surface area (Å²) in [5.41, 5.74) is 0.895. The molecule has 0 radical (unpaired) electrons. The molecule has 1 saturated heterocycles. The Morgan fingerprint density at radius 2 is 1.79 bits per heavy atom. The van der Waals surface area contributed by atoms with Gasteiger partial charge in [0, 0.05) is 12.6 Å². The molecule has 0 aromatic heterocycles. The van der Waals surface area contributed by atoms with Crippen molar-refractivity contribution in [1.82, 2.24) is 4.90 Å². The highest BCUT2D eigenvalue weighted by atomic mass is 79.9. The molecule has 1 fully saturated rings. The van der Waals surface area contributed by atoms with Crippen LogP contribution < -0.4 is 19.0 Å². The normalized spacial score (nSPS) is 14.3. The van der Waals surface area contributed by atoms with Gasteiger partial charge in [-0.2, -0.15) is 8.42 Å². The van der Waals surface area contributed by atoms with Crippen molar-refractivity contribution in [3.8, 4) is 17.2 Å². The Labute approximate surface area is 260 Å². The monoisotopic (exact) mass is 694 g/mol. The summed E-state index contributed by atoms with van der Waals surface area (Å²) in [5, 5.41) is 2.53. The van der Waals surface area contributed by atoms with E-state index >= 15 is 0 Å². The highest BCUT2D eigenvalue weighted by Gasteiger charge is 2.35. The fourth-order valence-electron chi connectivity index (χ4n) is 3.73. The van der Waals surface area contributed by atoms with Gasteiger partial charge in [-0.1, -0.05) is 23.7 Å². The third kappa shape index (κ3) is 7.65. The van der Waals surface area contributed by atoms with Crippen molar-refractivity contribution in [3.05, 3.63) is 80.6 Å². The van der Waals surface area contributed by atoms with Crippen LogP contribution in [0.4, 0.5) is 10.5 Å². The molecule has 0 aliphatic carbocycles. The number of carbonyl (C=O) groups excluding carboxylic acids is 3. The van der Waals surface area contributed by atoms with E-state index in [1.165, 1.54) is 43.3 Å². The van der Waals surface area contributed by atoms with Gasteiger partial charge in [-0.3, -0.25) is 19.3 Å². The third-order valence-electron chi connectivity index (χ3n) is 5.57. The first-order valence-electron chi connectivity index (χ1n) is 12.4. The molecule has 1 N–H and O–H groups in total. The van der Waals surface area contributed by atoms with Gasteiger partial charge in [0.05, 0.1) is 27.6 Å². The molecule has 3 aromatic rings. The SMILES string of the molecule is CCOc1cc(/C=C2\SC(=O)N(CCOc3ccccc3Cl)C2=O)cc(Br)c1OS(=O)(=O)c1ccc(NC(C)=O)cc1. The molecule has 1 aliphatic rings. The van der Waals surface area contributed by atoms with Gasteiger partial charge >= 0.3 is 10.1 Å². The van der Waals surface area contributed by atoms with Crippen molar-refractivity contribution < 1.29 is 36.5 Å². The maximum atomic E-state index is 13.0. The van der Waals surface area contributed by atoms with Crippen molar-refractivity contribution >= 4 is 78.2 Å². The van der Waals surface area contributed by atoms with Crippen LogP contribution in [0.25, 0.3) is 6.08 Å². The molecule has 0 saturated carbocycles. The van der Waals surface area contributed by atoms with Gasteiger partial charge in [0.25, 0.3) is 11.1 Å². The topological polar surface area (TPSA) is 128 Å². The number of thioether (sulfide) groups is 1. The predicted octanol–water partition coefficient (Wildman–Crippen LogP) is 6.34. The highest BCUT2D eigenvalue weighted by molar-refractivity contribution is 9.10. The standard InChI is InChI=1S/C28H24BrClN2O8S2/c1-3-38-24-15-18(14-21(29)26(24)40-42(36,37)20-10-8-19(9-11-20)31-17(2)33)16-25-27(34)32(28(35)41-25)12-13-39-23-7-5-4-6-22(23)30/h4-11,14-16H,3,12-13H2,1-2H3,(H,31,33)/b25-16-. The Kier molecular flexibility index (Phi) is 10.2. The number of para-hydroxylation sites is 1. The number of hydrogen-bond donors (Lipinski definition) is 1. The Hall–Kier alpha value is -3.52. The maximum Gasteiger partial charge on any atom is 0.339 e. The molecule has 10 nitrogen and oxygen atoms in total. The van der Waals surface area contributed by atoms with Crippen LogP contribution >= 0.6 is 39.3 Å². The van der Waals surface area contributed by atoms with Crippen molar-refractivity contribution in [2.75, 3.05) is 25.1 Å². The second-order valence-corrected chi connectivity index (χ2v) is 12.4. The molecule has 4 rings (SSSR count). The zero-order chi connectivity index (χ0) is 30.4.